The Labute approximate surface area is 145 Å². The first-order chi connectivity index (χ1) is 11.7. The lowest BCUT2D eigenvalue weighted by Gasteiger charge is -2.05. The number of benzene rings is 1. The van der Waals surface area contributed by atoms with Crippen LogP contribution in [-0.4, -0.2) is 40.6 Å². The zero-order chi connectivity index (χ0) is 16.9. The Bertz CT molecular complexity index is 781. The van der Waals surface area contributed by atoms with Crippen LogP contribution < -0.4 is 10.2 Å². The Hall–Kier alpha value is -2.38. The Kier molecular flexibility index (Phi) is 5.12. The molecule has 0 saturated heterocycles. The van der Waals surface area contributed by atoms with Crippen molar-refractivity contribution in [2.75, 3.05) is 30.9 Å². The van der Waals surface area contributed by atoms with Gasteiger partial charge in [-0.25, -0.2) is 4.98 Å². The van der Waals surface area contributed by atoms with Crippen LogP contribution >= 0.6 is 11.3 Å². The smallest absolute Gasteiger partial charge is 0.185 e. The van der Waals surface area contributed by atoms with Crippen LogP contribution in [-0.2, 0) is 13.1 Å². The van der Waals surface area contributed by atoms with Gasteiger partial charge in [0, 0.05) is 25.9 Å². The first-order valence-electron chi connectivity index (χ1n) is 7.77. The van der Waals surface area contributed by atoms with Gasteiger partial charge in [0.1, 0.15) is 0 Å². The van der Waals surface area contributed by atoms with Crippen molar-refractivity contribution in [1.82, 2.24) is 14.8 Å². The van der Waals surface area contributed by atoms with Crippen LogP contribution in [0.4, 0.5) is 10.8 Å². The standard InChI is InChI=1S/C17H21N5OS/c1-21(2)17-20-16(13-6-4-3-5-7-13)15(24-17)11-18-14-10-19-22(12-14)8-9-23/h3-7,10,12,18,23H,8-9,11H2,1-2H3. The molecule has 2 heterocycles. The molecule has 2 N–H and O–H groups in total. The van der Waals surface area contributed by atoms with Crippen LogP contribution in [0.15, 0.2) is 42.7 Å². The minimum Gasteiger partial charge on any atom is -0.394 e. The summed E-state index contributed by atoms with van der Waals surface area (Å²) in [4.78, 5) is 7.99. The van der Waals surface area contributed by atoms with E-state index in [-0.39, 0.29) is 6.61 Å². The predicted molar refractivity (Wildman–Crippen MR) is 98.5 cm³/mol. The molecular formula is C17H21N5OS. The van der Waals surface area contributed by atoms with Gasteiger partial charge in [0.05, 0.1) is 42.2 Å². The second kappa shape index (κ2) is 7.46. The molecule has 0 aliphatic heterocycles. The number of nitrogens with one attached hydrogen (secondary N) is 1. The van der Waals surface area contributed by atoms with Crippen molar-refractivity contribution in [3.05, 3.63) is 47.6 Å². The van der Waals surface area contributed by atoms with Gasteiger partial charge in [0.15, 0.2) is 5.13 Å². The summed E-state index contributed by atoms with van der Waals surface area (Å²) in [5.41, 5.74) is 3.07. The van der Waals surface area contributed by atoms with E-state index in [1.807, 2.05) is 43.4 Å². The van der Waals surface area contributed by atoms with E-state index in [0.717, 1.165) is 22.1 Å². The van der Waals surface area contributed by atoms with Crippen LogP contribution in [0, 0.1) is 0 Å². The summed E-state index contributed by atoms with van der Waals surface area (Å²) in [5.74, 6) is 0. The van der Waals surface area contributed by atoms with E-state index < -0.39 is 0 Å². The molecule has 3 rings (SSSR count). The highest BCUT2D eigenvalue weighted by Gasteiger charge is 2.14. The average molecular weight is 343 g/mol. The number of hydrogen-bond acceptors (Lipinski definition) is 6. The number of nitrogens with zero attached hydrogens (tertiary/aromatic N) is 4. The highest BCUT2D eigenvalue weighted by atomic mass is 32.1. The van der Waals surface area contributed by atoms with Crippen LogP contribution in [0.25, 0.3) is 11.3 Å². The van der Waals surface area contributed by atoms with Crippen molar-refractivity contribution < 1.29 is 5.11 Å². The van der Waals surface area contributed by atoms with E-state index in [0.29, 0.717) is 13.1 Å². The van der Waals surface area contributed by atoms with Gasteiger partial charge in [0.2, 0.25) is 0 Å². The number of hydrogen-bond donors (Lipinski definition) is 2. The van der Waals surface area contributed by atoms with Gasteiger partial charge in [-0.05, 0) is 0 Å². The number of anilines is 2. The second-order valence-electron chi connectivity index (χ2n) is 5.60. The van der Waals surface area contributed by atoms with Crippen LogP contribution in [0.3, 0.4) is 0 Å². The molecule has 7 heteroatoms. The molecule has 0 fully saturated rings. The van der Waals surface area contributed by atoms with Gasteiger partial charge in [-0.1, -0.05) is 41.7 Å². The van der Waals surface area contributed by atoms with Gasteiger partial charge in [0.25, 0.3) is 0 Å². The quantitative estimate of drug-likeness (QED) is 0.690. The molecule has 2 aromatic heterocycles. The third-order valence-corrected chi connectivity index (χ3v) is 4.75. The second-order valence-corrected chi connectivity index (χ2v) is 6.66. The number of aliphatic hydroxyl groups excluding tert-OH is 1. The lowest BCUT2D eigenvalue weighted by Crippen LogP contribution is -2.07. The maximum absolute atomic E-state index is 8.96. The molecule has 0 unspecified atom stereocenters. The third kappa shape index (κ3) is 3.74. The van der Waals surface area contributed by atoms with Crippen LogP contribution in [0.5, 0.6) is 0 Å². The van der Waals surface area contributed by atoms with Gasteiger partial charge >= 0.3 is 0 Å². The fraction of sp³-hybridized carbons (Fsp3) is 0.294. The zero-order valence-electron chi connectivity index (χ0n) is 13.8. The van der Waals surface area contributed by atoms with E-state index in [1.54, 1.807) is 22.2 Å². The monoisotopic (exact) mass is 343 g/mol. The van der Waals surface area contributed by atoms with Gasteiger partial charge in [-0.3, -0.25) is 4.68 Å². The first-order valence-corrected chi connectivity index (χ1v) is 8.58. The summed E-state index contributed by atoms with van der Waals surface area (Å²) in [6.07, 6.45) is 3.66. The SMILES string of the molecule is CN(C)c1nc(-c2ccccc2)c(CNc2cnn(CCO)c2)s1. The van der Waals surface area contributed by atoms with Gasteiger partial charge in [-0.15, -0.1) is 0 Å². The predicted octanol–water partition coefficient (Wildman–Crippen LogP) is 2.68. The van der Waals surface area contributed by atoms with E-state index in [9.17, 15) is 0 Å². The fourth-order valence-corrected chi connectivity index (χ4v) is 3.28. The Morgan fingerprint density at radius 1 is 1.25 bits per heavy atom. The Morgan fingerprint density at radius 3 is 2.75 bits per heavy atom. The minimum atomic E-state index is 0.0836. The van der Waals surface area contributed by atoms with Gasteiger partial charge in [-0.2, -0.15) is 5.10 Å². The summed E-state index contributed by atoms with van der Waals surface area (Å²) < 4.78 is 1.72. The molecule has 24 heavy (non-hydrogen) atoms. The fourth-order valence-electron chi connectivity index (χ4n) is 2.33. The Balaban J connectivity index is 1.81. The molecule has 0 radical (unpaired) electrons. The van der Waals surface area contributed by atoms with E-state index in [1.165, 1.54) is 4.88 Å². The molecule has 0 saturated carbocycles. The van der Waals surface area contributed by atoms with E-state index in [2.05, 4.69) is 22.5 Å². The van der Waals surface area contributed by atoms with Crippen molar-refractivity contribution in [3.63, 3.8) is 0 Å². The van der Waals surface area contributed by atoms with Crippen LogP contribution in [0.1, 0.15) is 4.88 Å². The topological polar surface area (TPSA) is 66.2 Å². The van der Waals surface area contributed by atoms with E-state index in [4.69, 9.17) is 10.1 Å². The minimum absolute atomic E-state index is 0.0836. The molecule has 0 spiro atoms. The Morgan fingerprint density at radius 2 is 2.04 bits per heavy atom. The highest BCUT2D eigenvalue weighted by Crippen LogP contribution is 2.32. The normalized spacial score (nSPS) is 10.8. The lowest BCUT2D eigenvalue weighted by molar-refractivity contribution is 0.269. The molecule has 0 aliphatic carbocycles. The van der Waals surface area contributed by atoms with Crippen molar-refractivity contribution in [2.45, 2.75) is 13.1 Å². The third-order valence-electron chi connectivity index (χ3n) is 3.53. The first kappa shape index (κ1) is 16.5. The maximum atomic E-state index is 8.96. The number of rotatable bonds is 7. The summed E-state index contributed by atoms with van der Waals surface area (Å²) >= 11 is 1.68. The molecule has 0 bridgehead atoms. The number of aliphatic hydroxyl groups is 1. The van der Waals surface area contributed by atoms with Crippen molar-refractivity contribution in [3.8, 4) is 11.3 Å². The largest absolute Gasteiger partial charge is 0.394 e. The molecule has 0 atom stereocenters. The molecule has 0 amide bonds. The number of aromatic nitrogens is 3. The molecule has 126 valence electrons. The van der Waals surface area contributed by atoms with Crippen molar-refractivity contribution in [1.29, 1.82) is 0 Å². The molecular weight excluding hydrogens is 322 g/mol. The molecule has 1 aromatic carbocycles. The summed E-state index contributed by atoms with van der Waals surface area (Å²) in [5, 5.41) is 17.5. The highest BCUT2D eigenvalue weighted by molar-refractivity contribution is 7.16. The zero-order valence-corrected chi connectivity index (χ0v) is 14.6. The molecule has 6 nitrogen and oxygen atoms in total. The molecule has 3 aromatic rings. The molecule has 0 aliphatic rings. The van der Waals surface area contributed by atoms with Gasteiger partial charge < -0.3 is 15.3 Å². The average Bonchev–Trinajstić information content (AvgIpc) is 3.21. The lowest BCUT2D eigenvalue weighted by atomic mass is 10.1. The summed E-state index contributed by atoms with van der Waals surface area (Å²) in [7, 11) is 4.01. The van der Waals surface area contributed by atoms with Crippen molar-refractivity contribution >= 4 is 22.2 Å². The number of thiazole rings is 1. The van der Waals surface area contributed by atoms with E-state index >= 15 is 0 Å². The summed E-state index contributed by atoms with van der Waals surface area (Å²) in [6, 6.07) is 10.2. The maximum Gasteiger partial charge on any atom is 0.185 e. The summed E-state index contributed by atoms with van der Waals surface area (Å²) in [6.45, 7) is 1.27. The van der Waals surface area contributed by atoms with Crippen LogP contribution in [0.2, 0.25) is 0 Å². The van der Waals surface area contributed by atoms with Crippen molar-refractivity contribution in [2.24, 2.45) is 0 Å².